The number of hydrogen-bond donors (Lipinski definition) is 2. The number of oxazole rings is 1. The zero-order valence-electron chi connectivity index (χ0n) is 9.59. The number of nitrogen functional groups attached to an aromatic ring is 1. The van der Waals surface area contributed by atoms with Gasteiger partial charge in [-0.1, -0.05) is 6.08 Å². The lowest BCUT2D eigenvalue weighted by Crippen LogP contribution is -2.23. The number of carbonyl (C=O) groups excluding carboxylic acids is 1. The highest BCUT2D eigenvalue weighted by Gasteiger charge is 2.12. The summed E-state index contributed by atoms with van der Waals surface area (Å²) in [7, 11) is 0. The summed E-state index contributed by atoms with van der Waals surface area (Å²) in [6.45, 7) is 3.89. The van der Waals surface area contributed by atoms with Crippen LogP contribution in [0.4, 0.5) is 5.82 Å². The van der Waals surface area contributed by atoms with Crippen molar-refractivity contribution in [3.63, 3.8) is 0 Å². The first-order chi connectivity index (χ1) is 8.70. The molecule has 6 heteroatoms. The van der Waals surface area contributed by atoms with Gasteiger partial charge in [-0.25, -0.2) is 9.97 Å². The van der Waals surface area contributed by atoms with Crippen LogP contribution in [0.15, 0.2) is 41.7 Å². The van der Waals surface area contributed by atoms with Crippen molar-refractivity contribution in [2.75, 3.05) is 12.3 Å². The maximum Gasteiger partial charge on any atom is 0.273 e. The number of amides is 1. The standard InChI is InChI=1S/C12H12N4O2/c1-2-5-14-11(17)9-7-18-12(16-9)8-3-4-10(13)15-6-8/h2-4,6-7H,1,5H2,(H2,13,15)(H,14,17). The van der Waals surface area contributed by atoms with Crippen molar-refractivity contribution in [2.24, 2.45) is 0 Å². The lowest BCUT2D eigenvalue weighted by Gasteiger charge is -1.96. The van der Waals surface area contributed by atoms with Gasteiger partial charge in [-0.3, -0.25) is 4.79 Å². The lowest BCUT2D eigenvalue weighted by atomic mass is 10.3. The monoisotopic (exact) mass is 244 g/mol. The summed E-state index contributed by atoms with van der Waals surface area (Å²) in [5, 5.41) is 2.61. The fourth-order valence-corrected chi connectivity index (χ4v) is 1.30. The van der Waals surface area contributed by atoms with Gasteiger partial charge in [0, 0.05) is 12.7 Å². The van der Waals surface area contributed by atoms with Crippen molar-refractivity contribution in [3.8, 4) is 11.5 Å². The smallest absolute Gasteiger partial charge is 0.273 e. The molecule has 0 aliphatic heterocycles. The molecule has 92 valence electrons. The van der Waals surface area contributed by atoms with Crippen molar-refractivity contribution in [3.05, 3.63) is 42.9 Å². The Hall–Kier alpha value is -2.63. The molecule has 1 amide bonds. The molecule has 0 atom stereocenters. The Balaban J connectivity index is 2.17. The van der Waals surface area contributed by atoms with E-state index in [9.17, 15) is 4.79 Å². The highest BCUT2D eigenvalue weighted by molar-refractivity contribution is 5.92. The van der Waals surface area contributed by atoms with Crippen molar-refractivity contribution >= 4 is 11.7 Å². The van der Waals surface area contributed by atoms with E-state index in [0.717, 1.165) is 0 Å². The number of nitrogens with two attached hydrogens (primary N) is 1. The maximum atomic E-state index is 11.6. The molecule has 0 aliphatic carbocycles. The zero-order valence-corrected chi connectivity index (χ0v) is 9.59. The Morgan fingerprint density at radius 2 is 2.39 bits per heavy atom. The van der Waals surface area contributed by atoms with Crippen molar-refractivity contribution in [2.45, 2.75) is 0 Å². The Kier molecular flexibility index (Phi) is 3.38. The molecule has 18 heavy (non-hydrogen) atoms. The first-order valence-corrected chi connectivity index (χ1v) is 5.27. The Bertz CT molecular complexity index is 560. The molecule has 3 N–H and O–H groups in total. The van der Waals surface area contributed by atoms with E-state index < -0.39 is 0 Å². The predicted molar refractivity (Wildman–Crippen MR) is 66.7 cm³/mol. The van der Waals surface area contributed by atoms with Crippen LogP contribution in [0, 0.1) is 0 Å². The minimum atomic E-state index is -0.312. The summed E-state index contributed by atoms with van der Waals surface area (Å²) in [6.07, 6.45) is 4.42. The number of rotatable bonds is 4. The average Bonchev–Trinajstić information content (AvgIpc) is 2.86. The van der Waals surface area contributed by atoms with Gasteiger partial charge < -0.3 is 15.5 Å². The molecule has 0 saturated carbocycles. The van der Waals surface area contributed by atoms with Crippen molar-refractivity contribution in [1.29, 1.82) is 0 Å². The second-order valence-electron chi connectivity index (χ2n) is 3.51. The normalized spacial score (nSPS) is 10.0. The predicted octanol–water partition coefficient (Wildman–Crippen LogP) is 1.23. The SMILES string of the molecule is C=CCNC(=O)c1coc(-c2ccc(N)nc2)n1. The van der Waals surface area contributed by atoms with Gasteiger partial charge >= 0.3 is 0 Å². The quantitative estimate of drug-likeness (QED) is 0.789. The number of carbonyl (C=O) groups is 1. The molecule has 6 nitrogen and oxygen atoms in total. The van der Waals surface area contributed by atoms with Crippen molar-refractivity contribution in [1.82, 2.24) is 15.3 Å². The Morgan fingerprint density at radius 1 is 1.56 bits per heavy atom. The second-order valence-corrected chi connectivity index (χ2v) is 3.51. The molecule has 2 rings (SSSR count). The van der Waals surface area contributed by atoms with Gasteiger partial charge in [-0.15, -0.1) is 6.58 Å². The molecule has 0 bridgehead atoms. The van der Waals surface area contributed by atoms with Crippen LogP contribution in [0.1, 0.15) is 10.5 Å². The Labute approximate surface area is 104 Å². The minimum Gasteiger partial charge on any atom is -0.444 e. The van der Waals surface area contributed by atoms with Crippen LogP contribution in [0.2, 0.25) is 0 Å². The topological polar surface area (TPSA) is 94.0 Å². The third-order valence-corrected chi connectivity index (χ3v) is 2.18. The van der Waals surface area contributed by atoms with Crippen molar-refractivity contribution < 1.29 is 9.21 Å². The molecule has 0 unspecified atom stereocenters. The number of nitrogens with zero attached hydrogens (tertiary/aromatic N) is 2. The minimum absolute atomic E-state index is 0.212. The molecule has 2 aromatic heterocycles. The van der Waals surface area contributed by atoms with E-state index in [4.69, 9.17) is 10.2 Å². The molecule has 0 aromatic carbocycles. The van der Waals surface area contributed by atoms with E-state index in [1.807, 2.05) is 0 Å². The van der Waals surface area contributed by atoms with Gasteiger partial charge in [0.15, 0.2) is 5.69 Å². The summed E-state index contributed by atoms with van der Waals surface area (Å²) in [5.74, 6) is 0.425. The number of hydrogen-bond acceptors (Lipinski definition) is 5. The highest BCUT2D eigenvalue weighted by Crippen LogP contribution is 2.18. The van der Waals surface area contributed by atoms with E-state index in [2.05, 4.69) is 21.9 Å². The Morgan fingerprint density at radius 3 is 3.06 bits per heavy atom. The summed E-state index contributed by atoms with van der Waals surface area (Å²) < 4.78 is 5.21. The van der Waals surface area contributed by atoms with E-state index in [1.165, 1.54) is 12.5 Å². The van der Waals surface area contributed by atoms with Crippen LogP contribution in [-0.4, -0.2) is 22.4 Å². The molecule has 0 saturated heterocycles. The molecule has 0 aliphatic rings. The summed E-state index contributed by atoms with van der Waals surface area (Å²) in [4.78, 5) is 19.6. The van der Waals surface area contributed by atoms with Crippen LogP contribution < -0.4 is 11.1 Å². The molecule has 0 radical (unpaired) electrons. The van der Waals surface area contributed by atoms with E-state index in [0.29, 0.717) is 23.8 Å². The fraction of sp³-hybridized carbons (Fsp3) is 0.0833. The first kappa shape index (κ1) is 11.8. The zero-order chi connectivity index (χ0) is 13.0. The summed E-state index contributed by atoms with van der Waals surface area (Å²) >= 11 is 0. The number of pyridine rings is 1. The van der Waals surface area contributed by atoms with Crippen LogP contribution in [0.3, 0.4) is 0 Å². The van der Waals surface area contributed by atoms with Crippen LogP contribution in [-0.2, 0) is 0 Å². The van der Waals surface area contributed by atoms with Crippen LogP contribution >= 0.6 is 0 Å². The van der Waals surface area contributed by atoms with Gasteiger partial charge in [0.05, 0.1) is 5.56 Å². The third-order valence-electron chi connectivity index (χ3n) is 2.18. The number of nitrogens with one attached hydrogen (secondary N) is 1. The largest absolute Gasteiger partial charge is 0.444 e. The molecular weight excluding hydrogens is 232 g/mol. The molecule has 2 heterocycles. The second kappa shape index (κ2) is 5.13. The lowest BCUT2D eigenvalue weighted by molar-refractivity contribution is 0.0953. The third kappa shape index (κ3) is 2.54. The maximum absolute atomic E-state index is 11.6. The first-order valence-electron chi connectivity index (χ1n) is 5.27. The van der Waals surface area contributed by atoms with E-state index >= 15 is 0 Å². The van der Waals surface area contributed by atoms with Gasteiger partial charge in [0.2, 0.25) is 5.89 Å². The summed E-state index contributed by atoms with van der Waals surface area (Å²) in [6, 6.07) is 3.36. The average molecular weight is 244 g/mol. The van der Waals surface area contributed by atoms with Gasteiger partial charge in [0.25, 0.3) is 5.91 Å². The molecular formula is C12H12N4O2. The van der Waals surface area contributed by atoms with E-state index in [-0.39, 0.29) is 11.6 Å². The van der Waals surface area contributed by atoms with Gasteiger partial charge in [-0.2, -0.15) is 0 Å². The van der Waals surface area contributed by atoms with Gasteiger partial charge in [-0.05, 0) is 12.1 Å². The fourth-order valence-electron chi connectivity index (χ4n) is 1.30. The van der Waals surface area contributed by atoms with Gasteiger partial charge in [0.1, 0.15) is 12.1 Å². The molecule has 0 spiro atoms. The summed E-state index contributed by atoms with van der Waals surface area (Å²) in [5.41, 5.74) is 6.35. The number of anilines is 1. The van der Waals surface area contributed by atoms with Crippen LogP contribution in [0.25, 0.3) is 11.5 Å². The number of aromatic nitrogens is 2. The highest BCUT2D eigenvalue weighted by atomic mass is 16.3. The van der Waals surface area contributed by atoms with Crippen LogP contribution in [0.5, 0.6) is 0 Å². The van der Waals surface area contributed by atoms with E-state index in [1.54, 1.807) is 18.2 Å². The molecule has 0 fully saturated rings. The molecule has 2 aromatic rings.